The average molecular weight is 201 g/mol. The van der Waals surface area contributed by atoms with Crippen molar-refractivity contribution >= 4 is 11.8 Å². The fourth-order valence-corrected chi connectivity index (χ4v) is 1.05. The standard InChI is InChI=1S/C9H19N3O2/c1-2-3-4-12-9(14)6-7(10)5-8(11)13/h7H,2-6,10H2,1H3,(H2,11,13)(H,12,14). The maximum absolute atomic E-state index is 11.2. The van der Waals surface area contributed by atoms with Crippen LogP contribution in [0.3, 0.4) is 0 Å². The number of carbonyl (C=O) groups excluding carboxylic acids is 2. The molecule has 0 aliphatic heterocycles. The molecule has 0 saturated carbocycles. The van der Waals surface area contributed by atoms with Crippen LogP contribution in [0.25, 0.3) is 0 Å². The number of nitrogens with one attached hydrogen (secondary N) is 1. The fourth-order valence-electron chi connectivity index (χ4n) is 1.05. The molecule has 0 spiro atoms. The van der Waals surface area contributed by atoms with E-state index in [-0.39, 0.29) is 18.7 Å². The number of unbranched alkanes of at least 4 members (excludes halogenated alkanes) is 1. The lowest BCUT2D eigenvalue weighted by molar-refractivity contribution is -0.121. The Hall–Kier alpha value is -1.10. The van der Waals surface area contributed by atoms with Crippen molar-refractivity contribution in [1.29, 1.82) is 0 Å². The highest BCUT2D eigenvalue weighted by Crippen LogP contribution is 1.94. The van der Waals surface area contributed by atoms with E-state index < -0.39 is 11.9 Å². The minimum absolute atomic E-state index is 0.0567. The van der Waals surface area contributed by atoms with Gasteiger partial charge in [-0.15, -0.1) is 0 Å². The first-order valence-electron chi connectivity index (χ1n) is 4.86. The quantitative estimate of drug-likeness (QED) is 0.484. The first kappa shape index (κ1) is 12.9. The smallest absolute Gasteiger partial charge is 0.221 e. The Balaban J connectivity index is 3.55. The van der Waals surface area contributed by atoms with Crippen LogP contribution in [0.4, 0.5) is 0 Å². The third kappa shape index (κ3) is 7.54. The number of primary amides is 1. The topological polar surface area (TPSA) is 98.2 Å². The molecule has 0 radical (unpaired) electrons. The lowest BCUT2D eigenvalue weighted by atomic mass is 10.1. The number of nitrogens with two attached hydrogens (primary N) is 2. The Bertz CT molecular complexity index is 194. The predicted molar refractivity (Wildman–Crippen MR) is 54.3 cm³/mol. The van der Waals surface area contributed by atoms with Crippen molar-refractivity contribution in [3.63, 3.8) is 0 Å². The van der Waals surface area contributed by atoms with Crippen molar-refractivity contribution in [3.05, 3.63) is 0 Å². The minimum atomic E-state index is -0.473. The average Bonchev–Trinajstić information content (AvgIpc) is 2.02. The number of hydrogen-bond donors (Lipinski definition) is 3. The van der Waals surface area contributed by atoms with Gasteiger partial charge in [0.05, 0.1) is 0 Å². The molecule has 0 aromatic rings. The first-order valence-corrected chi connectivity index (χ1v) is 4.86. The highest BCUT2D eigenvalue weighted by atomic mass is 16.2. The van der Waals surface area contributed by atoms with Crippen molar-refractivity contribution in [2.24, 2.45) is 11.5 Å². The van der Waals surface area contributed by atoms with E-state index in [0.29, 0.717) is 6.54 Å². The number of rotatable bonds is 7. The van der Waals surface area contributed by atoms with E-state index in [9.17, 15) is 9.59 Å². The van der Waals surface area contributed by atoms with Gasteiger partial charge >= 0.3 is 0 Å². The minimum Gasteiger partial charge on any atom is -0.370 e. The molecule has 0 aliphatic carbocycles. The zero-order valence-electron chi connectivity index (χ0n) is 8.58. The molecule has 0 bridgehead atoms. The molecule has 0 aromatic carbocycles. The molecular formula is C9H19N3O2. The van der Waals surface area contributed by atoms with Crippen LogP contribution in [-0.2, 0) is 9.59 Å². The summed E-state index contributed by atoms with van der Waals surface area (Å²) in [5.41, 5.74) is 10.5. The molecule has 0 rings (SSSR count). The molecule has 0 aromatic heterocycles. The monoisotopic (exact) mass is 201 g/mol. The molecule has 0 heterocycles. The van der Waals surface area contributed by atoms with Crippen LogP contribution in [0.1, 0.15) is 32.6 Å². The molecule has 0 fully saturated rings. The molecular weight excluding hydrogens is 182 g/mol. The number of hydrogen-bond acceptors (Lipinski definition) is 3. The van der Waals surface area contributed by atoms with E-state index in [0.717, 1.165) is 12.8 Å². The Morgan fingerprint density at radius 1 is 1.36 bits per heavy atom. The zero-order valence-corrected chi connectivity index (χ0v) is 8.58. The Labute approximate surface area is 84.2 Å². The molecule has 1 atom stereocenters. The Morgan fingerprint density at radius 3 is 2.50 bits per heavy atom. The van der Waals surface area contributed by atoms with Crippen molar-refractivity contribution in [1.82, 2.24) is 5.32 Å². The van der Waals surface area contributed by atoms with Gasteiger partial charge in [0.15, 0.2) is 0 Å². The SMILES string of the molecule is CCCCNC(=O)CC(N)CC(N)=O. The number of carbonyl (C=O) groups is 2. The molecule has 0 aliphatic rings. The second-order valence-corrected chi connectivity index (χ2v) is 3.34. The van der Waals surface area contributed by atoms with Crippen LogP contribution in [0.5, 0.6) is 0 Å². The van der Waals surface area contributed by atoms with E-state index in [1.54, 1.807) is 0 Å². The summed E-state index contributed by atoms with van der Waals surface area (Å²) < 4.78 is 0. The second kappa shape index (κ2) is 7.32. The Morgan fingerprint density at radius 2 is 2.00 bits per heavy atom. The van der Waals surface area contributed by atoms with Gasteiger partial charge in [0.1, 0.15) is 0 Å². The fraction of sp³-hybridized carbons (Fsp3) is 0.778. The summed E-state index contributed by atoms with van der Waals surface area (Å²) in [4.78, 5) is 21.6. The van der Waals surface area contributed by atoms with Crippen LogP contribution < -0.4 is 16.8 Å². The predicted octanol–water partition coefficient (Wildman–Crippen LogP) is -0.504. The van der Waals surface area contributed by atoms with E-state index in [1.165, 1.54) is 0 Å². The van der Waals surface area contributed by atoms with Gasteiger partial charge in [-0.25, -0.2) is 0 Å². The maximum atomic E-state index is 11.2. The van der Waals surface area contributed by atoms with Gasteiger partial charge < -0.3 is 16.8 Å². The molecule has 5 heteroatoms. The van der Waals surface area contributed by atoms with E-state index in [1.807, 2.05) is 6.92 Å². The number of amides is 2. The Kier molecular flexibility index (Phi) is 6.74. The lowest BCUT2D eigenvalue weighted by Crippen LogP contribution is -2.34. The lowest BCUT2D eigenvalue weighted by Gasteiger charge is -2.09. The third-order valence-corrected chi connectivity index (χ3v) is 1.76. The van der Waals surface area contributed by atoms with E-state index in [2.05, 4.69) is 5.32 Å². The summed E-state index contributed by atoms with van der Waals surface area (Å²) in [6, 6.07) is -0.464. The van der Waals surface area contributed by atoms with Gasteiger partial charge in [0.25, 0.3) is 0 Å². The molecule has 14 heavy (non-hydrogen) atoms. The zero-order chi connectivity index (χ0) is 11.0. The van der Waals surface area contributed by atoms with Crippen molar-refractivity contribution in [2.45, 2.75) is 38.6 Å². The van der Waals surface area contributed by atoms with E-state index in [4.69, 9.17) is 11.5 Å². The van der Waals surface area contributed by atoms with Crippen molar-refractivity contribution < 1.29 is 9.59 Å². The second-order valence-electron chi connectivity index (χ2n) is 3.34. The molecule has 2 amide bonds. The largest absolute Gasteiger partial charge is 0.370 e. The van der Waals surface area contributed by atoms with Crippen LogP contribution >= 0.6 is 0 Å². The van der Waals surface area contributed by atoms with Gasteiger partial charge in [-0.3, -0.25) is 9.59 Å². The van der Waals surface area contributed by atoms with Crippen molar-refractivity contribution in [2.75, 3.05) is 6.54 Å². The third-order valence-electron chi connectivity index (χ3n) is 1.76. The molecule has 1 unspecified atom stereocenters. The molecule has 82 valence electrons. The van der Waals surface area contributed by atoms with Crippen LogP contribution in [0.2, 0.25) is 0 Å². The summed E-state index contributed by atoms with van der Waals surface area (Å²) in [6.45, 7) is 2.71. The van der Waals surface area contributed by atoms with Crippen LogP contribution in [0.15, 0.2) is 0 Å². The summed E-state index contributed by atoms with van der Waals surface area (Å²) in [5.74, 6) is -0.592. The molecule has 0 saturated heterocycles. The summed E-state index contributed by atoms with van der Waals surface area (Å²) in [5, 5.41) is 2.72. The van der Waals surface area contributed by atoms with Gasteiger partial charge in [-0.2, -0.15) is 0 Å². The highest BCUT2D eigenvalue weighted by Gasteiger charge is 2.10. The molecule has 5 N–H and O–H groups in total. The highest BCUT2D eigenvalue weighted by molar-refractivity contribution is 5.79. The maximum Gasteiger partial charge on any atom is 0.221 e. The van der Waals surface area contributed by atoms with Crippen LogP contribution in [-0.4, -0.2) is 24.4 Å². The first-order chi connectivity index (χ1) is 6.56. The van der Waals surface area contributed by atoms with Crippen molar-refractivity contribution in [3.8, 4) is 0 Å². The summed E-state index contributed by atoms with van der Waals surface area (Å²) >= 11 is 0. The van der Waals surface area contributed by atoms with Gasteiger partial charge in [0, 0.05) is 25.4 Å². The van der Waals surface area contributed by atoms with Gasteiger partial charge in [0.2, 0.25) is 11.8 Å². The molecule has 5 nitrogen and oxygen atoms in total. The van der Waals surface area contributed by atoms with Gasteiger partial charge in [-0.05, 0) is 6.42 Å². The van der Waals surface area contributed by atoms with Crippen LogP contribution in [0, 0.1) is 0 Å². The summed E-state index contributed by atoms with van der Waals surface area (Å²) in [6.07, 6.45) is 2.21. The van der Waals surface area contributed by atoms with E-state index >= 15 is 0 Å². The van der Waals surface area contributed by atoms with Gasteiger partial charge in [-0.1, -0.05) is 13.3 Å². The summed E-state index contributed by atoms with van der Waals surface area (Å²) in [7, 11) is 0. The normalized spacial score (nSPS) is 12.1.